The van der Waals surface area contributed by atoms with Crippen LogP contribution in [-0.2, 0) is 13.1 Å². The molecule has 0 unspecified atom stereocenters. The fourth-order valence-corrected chi connectivity index (χ4v) is 3.44. The van der Waals surface area contributed by atoms with Gasteiger partial charge >= 0.3 is 5.69 Å². The van der Waals surface area contributed by atoms with Gasteiger partial charge in [-0.2, -0.15) is 9.78 Å². The Bertz CT molecular complexity index is 1480. The van der Waals surface area contributed by atoms with Gasteiger partial charge in [-0.1, -0.05) is 35.9 Å². The van der Waals surface area contributed by atoms with Gasteiger partial charge in [0.2, 0.25) is 5.69 Å². The van der Waals surface area contributed by atoms with E-state index in [4.69, 9.17) is 11.6 Å². The van der Waals surface area contributed by atoms with Gasteiger partial charge in [0, 0.05) is 24.0 Å². The summed E-state index contributed by atoms with van der Waals surface area (Å²) in [6.07, 6.45) is 3.17. The molecule has 0 aliphatic carbocycles. The average molecular weight is 480 g/mol. The van der Waals surface area contributed by atoms with E-state index < -0.39 is 28.7 Å². The number of benzene rings is 2. The SMILES string of the molecule is Cc1ccc(-n2nc(C(=O)NCc3cccnc3)c(=O)n(Cc3cccc(F)c3)c2=O)cc1Cl. The Kier molecular flexibility index (Phi) is 6.65. The van der Waals surface area contributed by atoms with Gasteiger partial charge in [0.05, 0.1) is 12.2 Å². The Hall–Kier alpha value is -4.11. The molecule has 34 heavy (non-hydrogen) atoms. The lowest BCUT2D eigenvalue weighted by atomic mass is 10.2. The molecule has 1 N–H and O–H groups in total. The summed E-state index contributed by atoms with van der Waals surface area (Å²) >= 11 is 6.22. The van der Waals surface area contributed by atoms with Crippen LogP contribution in [-0.4, -0.2) is 25.2 Å². The van der Waals surface area contributed by atoms with E-state index in [1.54, 1.807) is 49.6 Å². The number of carbonyl (C=O) groups is 1. The second kappa shape index (κ2) is 9.80. The first kappa shape index (κ1) is 23.1. The van der Waals surface area contributed by atoms with Crippen LogP contribution in [0.25, 0.3) is 5.69 Å². The first-order chi connectivity index (χ1) is 16.3. The smallest absolute Gasteiger partial charge is 0.346 e. The molecule has 2 aromatic heterocycles. The van der Waals surface area contributed by atoms with Crippen LogP contribution in [0.3, 0.4) is 0 Å². The predicted molar refractivity (Wildman–Crippen MR) is 125 cm³/mol. The van der Waals surface area contributed by atoms with Crippen molar-refractivity contribution in [1.82, 2.24) is 24.6 Å². The summed E-state index contributed by atoms with van der Waals surface area (Å²) in [7, 11) is 0. The standard InChI is InChI=1S/C24H19ClFN5O3/c1-15-7-8-19(11-20(15)25)31-24(34)30(14-16-4-2-6-18(26)10-16)23(33)21(29-31)22(32)28-13-17-5-3-9-27-12-17/h2-12H,13-14H2,1H3,(H,28,32). The van der Waals surface area contributed by atoms with Crippen LogP contribution in [0.1, 0.15) is 27.2 Å². The van der Waals surface area contributed by atoms with E-state index >= 15 is 0 Å². The fourth-order valence-electron chi connectivity index (χ4n) is 3.26. The van der Waals surface area contributed by atoms with E-state index in [0.29, 0.717) is 10.6 Å². The molecule has 1 amide bonds. The minimum Gasteiger partial charge on any atom is -0.346 e. The summed E-state index contributed by atoms with van der Waals surface area (Å²) in [6.45, 7) is 1.65. The Morgan fingerprint density at radius 2 is 1.88 bits per heavy atom. The number of aromatic nitrogens is 4. The van der Waals surface area contributed by atoms with E-state index in [2.05, 4.69) is 15.4 Å². The predicted octanol–water partition coefficient (Wildman–Crippen LogP) is 2.87. The van der Waals surface area contributed by atoms with Gasteiger partial charge < -0.3 is 5.32 Å². The van der Waals surface area contributed by atoms with Gasteiger partial charge in [0.15, 0.2) is 0 Å². The number of rotatable bonds is 6. The molecule has 0 saturated carbocycles. The van der Waals surface area contributed by atoms with E-state index in [1.165, 1.54) is 24.3 Å². The minimum atomic E-state index is -0.896. The molecular formula is C24H19ClFN5O3. The number of pyridine rings is 1. The van der Waals surface area contributed by atoms with E-state index in [1.807, 2.05) is 0 Å². The normalized spacial score (nSPS) is 10.8. The number of hydrogen-bond acceptors (Lipinski definition) is 5. The maximum atomic E-state index is 13.7. The van der Waals surface area contributed by atoms with Crippen molar-refractivity contribution in [3.63, 3.8) is 0 Å². The monoisotopic (exact) mass is 479 g/mol. The molecule has 8 nitrogen and oxygen atoms in total. The summed E-state index contributed by atoms with van der Waals surface area (Å²) in [5.74, 6) is -1.28. The molecule has 0 spiro atoms. The highest BCUT2D eigenvalue weighted by Gasteiger charge is 2.21. The lowest BCUT2D eigenvalue weighted by molar-refractivity contribution is 0.0941. The quantitative estimate of drug-likeness (QED) is 0.458. The van der Waals surface area contributed by atoms with Gasteiger partial charge in [-0.15, -0.1) is 0 Å². The Labute approximate surface area is 198 Å². The zero-order valence-corrected chi connectivity index (χ0v) is 18.8. The Morgan fingerprint density at radius 3 is 2.59 bits per heavy atom. The molecule has 0 aliphatic heterocycles. The minimum absolute atomic E-state index is 0.104. The Morgan fingerprint density at radius 1 is 1.09 bits per heavy atom. The molecule has 10 heteroatoms. The first-order valence-corrected chi connectivity index (χ1v) is 10.6. The second-order valence-electron chi connectivity index (χ2n) is 7.54. The molecule has 0 aliphatic rings. The third kappa shape index (κ3) is 4.94. The zero-order valence-electron chi connectivity index (χ0n) is 18.0. The number of aryl methyl sites for hydroxylation is 1. The van der Waals surface area contributed by atoms with Gasteiger partial charge in [-0.3, -0.25) is 19.1 Å². The number of halogens is 2. The van der Waals surface area contributed by atoms with Crippen molar-refractivity contribution in [3.05, 3.63) is 121 Å². The molecule has 2 heterocycles. The molecule has 4 aromatic rings. The maximum Gasteiger partial charge on any atom is 0.352 e. The number of nitrogens with one attached hydrogen (secondary N) is 1. The van der Waals surface area contributed by atoms with Crippen LogP contribution in [0.15, 0.2) is 76.6 Å². The molecule has 0 atom stereocenters. The van der Waals surface area contributed by atoms with Crippen molar-refractivity contribution in [2.75, 3.05) is 0 Å². The number of nitrogens with zero attached hydrogens (tertiary/aromatic N) is 4. The molecule has 0 saturated heterocycles. The molecule has 4 rings (SSSR count). The summed E-state index contributed by atoms with van der Waals surface area (Å²) in [4.78, 5) is 43.2. The van der Waals surface area contributed by atoms with Crippen LogP contribution in [0.4, 0.5) is 4.39 Å². The highest BCUT2D eigenvalue weighted by atomic mass is 35.5. The molecule has 0 radical (unpaired) electrons. The largest absolute Gasteiger partial charge is 0.352 e. The van der Waals surface area contributed by atoms with Crippen LogP contribution < -0.4 is 16.6 Å². The van der Waals surface area contributed by atoms with Gasteiger partial charge in [0.1, 0.15) is 5.82 Å². The summed E-state index contributed by atoms with van der Waals surface area (Å²) in [5, 5.41) is 7.06. The molecular weight excluding hydrogens is 461 g/mol. The van der Waals surface area contributed by atoms with Crippen molar-refractivity contribution in [1.29, 1.82) is 0 Å². The zero-order chi connectivity index (χ0) is 24.2. The fraction of sp³-hybridized carbons (Fsp3) is 0.125. The van der Waals surface area contributed by atoms with Crippen molar-refractivity contribution < 1.29 is 9.18 Å². The molecule has 0 bridgehead atoms. The highest BCUT2D eigenvalue weighted by Crippen LogP contribution is 2.18. The van der Waals surface area contributed by atoms with Crippen LogP contribution in [0.5, 0.6) is 0 Å². The number of carbonyl (C=O) groups excluding carboxylic acids is 1. The lowest BCUT2D eigenvalue weighted by Crippen LogP contribution is -2.46. The summed E-state index contributed by atoms with van der Waals surface area (Å²) in [5.41, 5.74) is -0.0342. The van der Waals surface area contributed by atoms with Crippen molar-refractivity contribution >= 4 is 17.5 Å². The first-order valence-electron chi connectivity index (χ1n) is 10.3. The van der Waals surface area contributed by atoms with Crippen molar-refractivity contribution in [3.8, 4) is 5.69 Å². The van der Waals surface area contributed by atoms with E-state index in [-0.39, 0.29) is 18.8 Å². The van der Waals surface area contributed by atoms with Crippen molar-refractivity contribution in [2.24, 2.45) is 0 Å². The third-order valence-electron chi connectivity index (χ3n) is 5.08. The van der Waals surface area contributed by atoms with Gasteiger partial charge in [-0.05, 0) is 53.9 Å². The second-order valence-corrected chi connectivity index (χ2v) is 7.95. The van der Waals surface area contributed by atoms with Crippen LogP contribution in [0.2, 0.25) is 5.02 Å². The van der Waals surface area contributed by atoms with Crippen LogP contribution >= 0.6 is 11.6 Å². The Balaban J connectivity index is 1.81. The topological polar surface area (TPSA) is 98.9 Å². The number of amides is 1. The molecule has 0 fully saturated rings. The third-order valence-corrected chi connectivity index (χ3v) is 5.49. The van der Waals surface area contributed by atoms with E-state index in [9.17, 15) is 18.8 Å². The molecule has 2 aromatic carbocycles. The number of hydrogen-bond donors (Lipinski definition) is 1. The summed E-state index contributed by atoms with van der Waals surface area (Å²) in [6, 6.07) is 13.8. The summed E-state index contributed by atoms with van der Waals surface area (Å²) < 4.78 is 15.5. The average Bonchev–Trinajstić information content (AvgIpc) is 2.83. The maximum absolute atomic E-state index is 13.7. The highest BCUT2D eigenvalue weighted by molar-refractivity contribution is 6.31. The lowest BCUT2D eigenvalue weighted by Gasteiger charge is -2.13. The van der Waals surface area contributed by atoms with E-state index in [0.717, 1.165) is 20.4 Å². The van der Waals surface area contributed by atoms with Gasteiger partial charge in [-0.25, -0.2) is 9.18 Å². The van der Waals surface area contributed by atoms with Crippen molar-refractivity contribution in [2.45, 2.75) is 20.0 Å². The van der Waals surface area contributed by atoms with Crippen LogP contribution in [0, 0.1) is 12.7 Å². The molecule has 172 valence electrons. The van der Waals surface area contributed by atoms with Gasteiger partial charge in [0.25, 0.3) is 11.5 Å².